The van der Waals surface area contributed by atoms with Crippen molar-refractivity contribution in [1.29, 1.82) is 0 Å². The molecule has 0 aromatic heterocycles. The summed E-state index contributed by atoms with van der Waals surface area (Å²) in [6.07, 6.45) is 1.52. The molecule has 0 spiro atoms. The molecule has 0 heterocycles. The highest BCUT2D eigenvalue weighted by Crippen LogP contribution is 2.14. The fourth-order valence-corrected chi connectivity index (χ4v) is 3.28. The van der Waals surface area contributed by atoms with Gasteiger partial charge in [0.25, 0.3) is 0 Å². The standard InChI is InChI=1S/C23H29ClN2O2/c1-4-21(23(28)25-17(2)3)26(15-14-18-8-6-5-7-9-18)22(27)16-19-10-12-20(24)13-11-19/h5-13,17,21H,4,14-16H2,1-3H3,(H,25,28). The van der Waals surface area contributed by atoms with Crippen LogP contribution in [0.25, 0.3) is 0 Å². The predicted molar refractivity (Wildman–Crippen MR) is 114 cm³/mol. The van der Waals surface area contributed by atoms with Gasteiger partial charge in [0.2, 0.25) is 11.8 Å². The minimum absolute atomic E-state index is 0.0314. The molecule has 4 nitrogen and oxygen atoms in total. The summed E-state index contributed by atoms with van der Waals surface area (Å²) < 4.78 is 0. The van der Waals surface area contributed by atoms with Crippen LogP contribution in [0.15, 0.2) is 54.6 Å². The zero-order chi connectivity index (χ0) is 20.5. The molecule has 2 aromatic carbocycles. The maximum Gasteiger partial charge on any atom is 0.242 e. The van der Waals surface area contributed by atoms with Crippen LogP contribution in [0.5, 0.6) is 0 Å². The van der Waals surface area contributed by atoms with Crippen molar-refractivity contribution in [2.45, 2.75) is 52.1 Å². The second kappa shape index (κ2) is 10.9. The van der Waals surface area contributed by atoms with Gasteiger partial charge in [-0.25, -0.2) is 0 Å². The van der Waals surface area contributed by atoms with E-state index in [-0.39, 0.29) is 24.3 Å². The average Bonchev–Trinajstić information content (AvgIpc) is 2.67. The first-order valence-corrected chi connectivity index (χ1v) is 10.2. The Bertz CT molecular complexity index is 760. The molecule has 1 unspecified atom stereocenters. The molecule has 5 heteroatoms. The SMILES string of the molecule is CCC(C(=O)NC(C)C)N(CCc1ccccc1)C(=O)Cc1ccc(Cl)cc1. The van der Waals surface area contributed by atoms with Gasteiger partial charge in [0.1, 0.15) is 6.04 Å². The molecule has 0 aliphatic heterocycles. The highest BCUT2D eigenvalue weighted by molar-refractivity contribution is 6.30. The summed E-state index contributed by atoms with van der Waals surface area (Å²) in [5.41, 5.74) is 2.03. The molecule has 0 fully saturated rings. The zero-order valence-electron chi connectivity index (χ0n) is 16.8. The third-order valence-electron chi connectivity index (χ3n) is 4.57. The molecule has 1 N–H and O–H groups in total. The normalized spacial score (nSPS) is 11.9. The Hall–Kier alpha value is -2.33. The van der Waals surface area contributed by atoms with E-state index < -0.39 is 6.04 Å². The van der Waals surface area contributed by atoms with E-state index in [2.05, 4.69) is 5.32 Å². The highest BCUT2D eigenvalue weighted by Gasteiger charge is 2.28. The summed E-state index contributed by atoms with van der Waals surface area (Å²) in [6, 6.07) is 16.8. The summed E-state index contributed by atoms with van der Waals surface area (Å²) in [5.74, 6) is -0.154. The molecule has 28 heavy (non-hydrogen) atoms. The Morgan fingerprint density at radius 3 is 2.21 bits per heavy atom. The monoisotopic (exact) mass is 400 g/mol. The van der Waals surface area contributed by atoms with E-state index in [1.165, 1.54) is 0 Å². The molecular weight excluding hydrogens is 372 g/mol. The van der Waals surface area contributed by atoms with Crippen molar-refractivity contribution in [2.24, 2.45) is 0 Å². The van der Waals surface area contributed by atoms with Crippen molar-refractivity contribution in [3.8, 4) is 0 Å². The molecule has 0 bridgehead atoms. The van der Waals surface area contributed by atoms with Crippen molar-refractivity contribution in [3.05, 3.63) is 70.7 Å². The van der Waals surface area contributed by atoms with E-state index in [1.807, 2.05) is 63.2 Å². The lowest BCUT2D eigenvalue weighted by Gasteiger charge is -2.31. The minimum atomic E-state index is -0.481. The molecule has 0 saturated carbocycles. The fraction of sp³-hybridized carbons (Fsp3) is 0.391. The van der Waals surface area contributed by atoms with Gasteiger partial charge in [-0.15, -0.1) is 0 Å². The molecule has 2 aromatic rings. The van der Waals surface area contributed by atoms with Gasteiger partial charge >= 0.3 is 0 Å². The molecule has 0 saturated heterocycles. The Morgan fingerprint density at radius 1 is 1.00 bits per heavy atom. The van der Waals surface area contributed by atoms with Crippen LogP contribution in [-0.4, -0.2) is 35.3 Å². The molecule has 1 atom stereocenters. The third-order valence-corrected chi connectivity index (χ3v) is 4.82. The maximum atomic E-state index is 13.1. The van der Waals surface area contributed by atoms with Crippen molar-refractivity contribution in [1.82, 2.24) is 10.2 Å². The van der Waals surface area contributed by atoms with Gasteiger partial charge in [0.05, 0.1) is 6.42 Å². The largest absolute Gasteiger partial charge is 0.352 e. The number of carbonyl (C=O) groups excluding carboxylic acids is 2. The number of nitrogens with one attached hydrogen (secondary N) is 1. The van der Waals surface area contributed by atoms with Gasteiger partial charge in [0, 0.05) is 17.6 Å². The fourth-order valence-electron chi connectivity index (χ4n) is 3.16. The molecular formula is C23H29ClN2O2. The number of amides is 2. The summed E-state index contributed by atoms with van der Waals surface area (Å²) in [7, 11) is 0. The van der Waals surface area contributed by atoms with Crippen LogP contribution in [-0.2, 0) is 22.4 Å². The van der Waals surface area contributed by atoms with Gasteiger partial charge in [-0.3, -0.25) is 9.59 Å². The summed E-state index contributed by atoms with van der Waals surface area (Å²) >= 11 is 5.94. The number of nitrogens with zero attached hydrogens (tertiary/aromatic N) is 1. The van der Waals surface area contributed by atoms with Gasteiger partial charge in [-0.1, -0.05) is 61.0 Å². The van der Waals surface area contributed by atoms with Crippen molar-refractivity contribution < 1.29 is 9.59 Å². The Kier molecular flexibility index (Phi) is 8.52. The van der Waals surface area contributed by atoms with Crippen LogP contribution in [0, 0.1) is 0 Å². The van der Waals surface area contributed by atoms with Crippen LogP contribution >= 0.6 is 11.6 Å². The van der Waals surface area contributed by atoms with E-state index >= 15 is 0 Å². The van der Waals surface area contributed by atoms with Crippen LogP contribution in [0.3, 0.4) is 0 Å². The van der Waals surface area contributed by atoms with Crippen LogP contribution in [0.1, 0.15) is 38.3 Å². The number of benzene rings is 2. The van der Waals surface area contributed by atoms with Crippen molar-refractivity contribution in [3.63, 3.8) is 0 Å². The van der Waals surface area contributed by atoms with E-state index in [0.29, 0.717) is 24.4 Å². The number of hydrogen-bond donors (Lipinski definition) is 1. The lowest BCUT2D eigenvalue weighted by molar-refractivity contribution is -0.140. The first-order chi connectivity index (χ1) is 13.4. The van der Waals surface area contributed by atoms with Gasteiger partial charge in [-0.05, 0) is 49.9 Å². The van der Waals surface area contributed by atoms with Crippen molar-refractivity contribution >= 4 is 23.4 Å². The van der Waals surface area contributed by atoms with Gasteiger partial charge in [-0.2, -0.15) is 0 Å². The van der Waals surface area contributed by atoms with Gasteiger partial charge in [0.15, 0.2) is 0 Å². The topological polar surface area (TPSA) is 49.4 Å². The number of carbonyl (C=O) groups is 2. The molecule has 2 rings (SSSR count). The van der Waals surface area contributed by atoms with E-state index in [9.17, 15) is 9.59 Å². The summed E-state index contributed by atoms with van der Waals surface area (Å²) in [5, 5.41) is 3.59. The second-order valence-corrected chi connectivity index (χ2v) is 7.65. The van der Waals surface area contributed by atoms with Crippen LogP contribution in [0.2, 0.25) is 5.02 Å². The van der Waals surface area contributed by atoms with Crippen LogP contribution < -0.4 is 5.32 Å². The average molecular weight is 401 g/mol. The van der Waals surface area contributed by atoms with E-state index in [0.717, 1.165) is 11.1 Å². The van der Waals surface area contributed by atoms with Gasteiger partial charge < -0.3 is 10.2 Å². The molecule has 2 amide bonds. The number of halogens is 1. The summed E-state index contributed by atoms with van der Waals surface area (Å²) in [4.78, 5) is 27.6. The van der Waals surface area contributed by atoms with E-state index in [1.54, 1.807) is 17.0 Å². The molecule has 150 valence electrons. The maximum absolute atomic E-state index is 13.1. The second-order valence-electron chi connectivity index (χ2n) is 7.21. The Morgan fingerprint density at radius 2 is 1.64 bits per heavy atom. The first-order valence-electron chi connectivity index (χ1n) is 9.79. The highest BCUT2D eigenvalue weighted by atomic mass is 35.5. The van der Waals surface area contributed by atoms with E-state index in [4.69, 9.17) is 11.6 Å². The van der Waals surface area contributed by atoms with Crippen molar-refractivity contribution in [2.75, 3.05) is 6.54 Å². The Labute approximate surface area is 172 Å². The molecule has 0 aliphatic rings. The predicted octanol–water partition coefficient (Wildman–Crippen LogP) is 4.26. The minimum Gasteiger partial charge on any atom is -0.352 e. The molecule has 0 radical (unpaired) electrons. The lowest BCUT2D eigenvalue weighted by Crippen LogP contribution is -2.51. The summed E-state index contributed by atoms with van der Waals surface area (Å²) in [6.45, 7) is 6.29. The quantitative estimate of drug-likeness (QED) is 0.683. The zero-order valence-corrected chi connectivity index (χ0v) is 17.6. The van der Waals surface area contributed by atoms with Crippen LogP contribution in [0.4, 0.5) is 0 Å². The number of hydrogen-bond acceptors (Lipinski definition) is 2. The number of rotatable bonds is 9. The lowest BCUT2D eigenvalue weighted by atomic mass is 10.1. The first kappa shape index (κ1) is 22.0. The third kappa shape index (κ3) is 6.68. The Balaban J connectivity index is 2.18. The molecule has 0 aliphatic carbocycles. The smallest absolute Gasteiger partial charge is 0.242 e.